The van der Waals surface area contributed by atoms with E-state index in [2.05, 4.69) is 64.9 Å². The van der Waals surface area contributed by atoms with Gasteiger partial charge < -0.3 is 19.2 Å². The molecule has 0 saturated carbocycles. The van der Waals surface area contributed by atoms with Gasteiger partial charge in [-0.15, -0.1) is 0 Å². The second-order valence-electron chi connectivity index (χ2n) is 11.2. The molecular formula is C29H38N6. The van der Waals surface area contributed by atoms with Crippen LogP contribution in [-0.2, 0) is 0 Å². The zero-order valence-electron chi connectivity index (χ0n) is 21.4. The second-order valence-corrected chi connectivity index (χ2v) is 11.2. The summed E-state index contributed by atoms with van der Waals surface area (Å²) in [5.41, 5.74) is 7.02. The average Bonchev–Trinajstić information content (AvgIpc) is 3.51. The Balaban J connectivity index is 1.14. The van der Waals surface area contributed by atoms with Crippen molar-refractivity contribution in [3.8, 4) is 11.4 Å². The van der Waals surface area contributed by atoms with Crippen LogP contribution in [0.4, 0.5) is 0 Å². The number of hydrogen-bond donors (Lipinski definition) is 1. The number of pyridine rings is 1. The van der Waals surface area contributed by atoms with E-state index < -0.39 is 0 Å². The van der Waals surface area contributed by atoms with Gasteiger partial charge in [0.25, 0.3) is 0 Å². The summed E-state index contributed by atoms with van der Waals surface area (Å²) in [5.74, 6) is 2.34. The highest BCUT2D eigenvalue weighted by atomic mass is 15.2. The molecule has 2 aliphatic rings. The molecule has 35 heavy (non-hydrogen) atoms. The molecule has 0 atom stereocenters. The molecule has 0 spiro atoms. The minimum absolute atomic E-state index is 0.643. The first kappa shape index (κ1) is 22.7. The topological polar surface area (TPSA) is 52.5 Å². The van der Waals surface area contributed by atoms with Gasteiger partial charge in [0.2, 0.25) is 0 Å². The van der Waals surface area contributed by atoms with Crippen molar-refractivity contribution in [1.29, 1.82) is 0 Å². The summed E-state index contributed by atoms with van der Waals surface area (Å²) in [6, 6.07) is 9.67. The molecule has 1 aromatic carbocycles. The predicted octanol–water partition coefficient (Wildman–Crippen LogP) is 5.49. The Hall–Kier alpha value is -2.70. The zero-order chi connectivity index (χ0) is 23.9. The summed E-state index contributed by atoms with van der Waals surface area (Å²) in [7, 11) is 0. The van der Waals surface area contributed by atoms with Crippen LogP contribution in [0.2, 0.25) is 0 Å². The van der Waals surface area contributed by atoms with Crippen molar-refractivity contribution in [2.75, 3.05) is 32.7 Å². The molecular weight excluding hydrogens is 432 g/mol. The van der Waals surface area contributed by atoms with E-state index in [-0.39, 0.29) is 0 Å². The molecule has 0 radical (unpaired) electrons. The van der Waals surface area contributed by atoms with E-state index in [0.29, 0.717) is 5.92 Å². The number of aryl methyl sites for hydroxylation is 1. The third-order valence-corrected chi connectivity index (χ3v) is 8.16. The molecule has 6 rings (SSSR count). The summed E-state index contributed by atoms with van der Waals surface area (Å²) in [6.07, 6.45) is 11.1. The highest BCUT2D eigenvalue weighted by Crippen LogP contribution is 2.34. The van der Waals surface area contributed by atoms with Crippen molar-refractivity contribution in [2.24, 2.45) is 5.92 Å². The maximum atomic E-state index is 4.96. The van der Waals surface area contributed by atoms with Crippen LogP contribution >= 0.6 is 0 Å². The monoisotopic (exact) mass is 470 g/mol. The Bertz CT molecular complexity index is 1300. The predicted molar refractivity (Wildman–Crippen MR) is 143 cm³/mol. The van der Waals surface area contributed by atoms with Crippen molar-refractivity contribution in [2.45, 2.75) is 58.4 Å². The Labute approximate surface area is 208 Å². The number of imidazole rings is 2. The number of nitrogens with zero attached hydrogens (tertiary/aromatic N) is 5. The summed E-state index contributed by atoms with van der Waals surface area (Å²) in [4.78, 5) is 18.4. The fourth-order valence-corrected chi connectivity index (χ4v) is 6.33. The first-order valence-electron chi connectivity index (χ1n) is 13.4. The molecule has 0 aliphatic carbocycles. The molecule has 0 bridgehead atoms. The third kappa shape index (κ3) is 4.62. The lowest BCUT2D eigenvalue weighted by Crippen LogP contribution is -2.48. The van der Waals surface area contributed by atoms with E-state index in [4.69, 9.17) is 4.98 Å². The molecule has 2 aliphatic heterocycles. The van der Waals surface area contributed by atoms with Crippen molar-refractivity contribution in [1.82, 2.24) is 29.2 Å². The fourth-order valence-electron chi connectivity index (χ4n) is 6.33. The molecule has 1 N–H and O–H groups in total. The van der Waals surface area contributed by atoms with Crippen LogP contribution in [0.1, 0.15) is 56.6 Å². The van der Waals surface area contributed by atoms with Gasteiger partial charge in [0.1, 0.15) is 11.5 Å². The SMILES string of the molecule is Cc1cc(C2CCN(C3CCN(CC(C)C)CC3)CC2)cc2[nH]c(-c3ccc4nccn4c3)nc12. The van der Waals surface area contributed by atoms with Gasteiger partial charge in [0.15, 0.2) is 0 Å². The lowest BCUT2D eigenvalue weighted by molar-refractivity contribution is 0.0828. The van der Waals surface area contributed by atoms with E-state index in [0.717, 1.165) is 40.0 Å². The fraction of sp³-hybridized carbons (Fsp3) is 0.517. The van der Waals surface area contributed by atoms with Gasteiger partial charge in [-0.1, -0.05) is 19.9 Å². The van der Waals surface area contributed by atoms with Crippen LogP contribution in [0.5, 0.6) is 0 Å². The Morgan fingerprint density at radius 1 is 1.03 bits per heavy atom. The number of aromatic amines is 1. The number of hydrogen-bond acceptors (Lipinski definition) is 4. The normalized spacial score (nSPS) is 19.4. The molecule has 0 unspecified atom stereocenters. The standard InChI is InChI=1S/C29H38N6/c1-20(2)18-33-11-8-25(9-12-33)34-13-6-22(7-14-34)24-16-21(3)28-26(17-24)31-29(32-28)23-4-5-27-30-10-15-35(27)19-23/h4-5,10,15-17,19-20,22,25H,6-9,11-14,18H2,1-3H3,(H,31,32). The number of H-pyrrole nitrogens is 1. The van der Waals surface area contributed by atoms with Crippen LogP contribution in [-0.4, -0.2) is 67.9 Å². The van der Waals surface area contributed by atoms with Crippen LogP contribution in [0, 0.1) is 12.8 Å². The first-order chi connectivity index (χ1) is 17.0. The maximum Gasteiger partial charge on any atom is 0.139 e. The number of rotatable bonds is 5. The quantitative estimate of drug-likeness (QED) is 0.419. The molecule has 6 heteroatoms. The van der Waals surface area contributed by atoms with E-state index in [9.17, 15) is 0 Å². The van der Waals surface area contributed by atoms with E-state index in [1.165, 1.54) is 69.5 Å². The van der Waals surface area contributed by atoms with E-state index >= 15 is 0 Å². The lowest BCUT2D eigenvalue weighted by Gasteiger charge is -2.42. The number of nitrogens with one attached hydrogen (secondary N) is 1. The second kappa shape index (κ2) is 9.40. The number of aromatic nitrogens is 4. The van der Waals surface area contributed by atoms with E-state index in [1.54, 1.807) is 0 Å². The number of fused-ring (bicyclic) bond motifs is 2. The Morgan fingerprint density at radius 3 is 2.60 bits per heavy atom. The highest BCUT2D eigenvalue weighted by Gasteiger charge is 2.29. The molecule has 2 saturated heterocycles. The van der Waals surface area contributed by atoms with Gasteiger partial charge in [-0.25, -0.2) is 9.97 Å². The summed E-state index contributed by atoms with van der Waals surface area (Å²) in [5, 5.41) is 0. The first-order valence-corrected chi connectivity index (χ1v) is 13.4. The molecule has 3 aromatic heterocycles. The maximum absolute atomic E-state index is 4.96. The minimum Gasteiger partial charge on any atom is -0.338 e. The molecule has 5 heterocycles. The van der Waals surface area contributed by atoms with Crippen molar-refractivity contribution >= 4 is 16.7 Å². The third-order valence-electron chi connectivity index (χ3n) is 8.16. The molecule has 0 amide bonds. The molecule has 184 valence electrons. The van der Waals surface area contributed by atoms with Gasteiger partial charge >= 0.3 is 0 Å². The number of benzene rings is 1. The van der Waals surface area contributed by atoms with Crippen molar-refractivity contribution in [3.05, 3.63) is 54.0 Å². The molecule has 2 fully saturated rings. The van der Waals surface area contributed by atoms with Crippen molar-refractivity contribution < 1.29 is 0 Å². The van der Waals surface area contributed by atoms with Gasteiger partial charge in [0, 0.05) is 36.7 Å². The van der Waals surface area contributed by atoms with Gasteiger partial charge in [-0.05, 0) is 99.9 Å². The number of likely N-dealkylation sites (tertiary alicyclic amines) is 2. The van der Waals surface area contributed by atoms with Crippen LogP contribution < -0.4 is 0 Å². The number of piperidine rings is 2. The van der Waals surface area contributed by atoms with E-state index in [1.807, 2.05) is 22.9 Å². The Morgan fingerprint density at radius 2 is 1.83 bits per heavy atom. The lowest BCUT2D eigenvalue weighted by atomic mass is 9.87. The van der Waals surface area contributed by atoms with Gasteiger partial charge in [-0.3, -0.25) is 0 Å². The average molecular weight is 471 g/mol. The molecule has 6 nitrogen and oxygen atoms in total. The summed E-state index contributed by atoms with van der Waals surface area (Å²) >= 11 is 0. The van der Waals surface area contributed by atoms with Gasteiger partial charge in [-0.2, -0.15) is 0 Å². The smallest absolute Gasteiger partial charge is 0.139 e. The zero-order valence-corrected chi connectivity index (χ0v) is 21.4. The van der Waals surface area contributed by atoms with Gasteiger partial charge in [0.05, 0.1) is 11.0 Å². The van der Waals surface area contributed by atoms with Crippen LogP contribution in [0.25, 0.3) is 28.1 Å². The summed E-state index contributed by atoms with van der Waals surface area (Å²) in [6.45, 7) is 13.1. The van der Waals surface area contributed by atoms with Crippen LogP contribution in [0.15, 0.2) is 42.9 Å². The van der Waals surface area contributed by atoms with Crippen molar-refractivity contribution in [3.63, 3.8) is 0 Å². The molecule has 4 aromatic rings. The summed E-state index contributed by atoms with van der Waals surface area (Å²) < 4.78 is 2.04. The largest absolute Gasteiger partial charge is 0.338 e. The van der Waals surface area contributed by atoms with Crippen LogP contribution in [0.3, 0.4) is 0 Å². The minimum atomic E-state index is 0.643. The highest BCUT2D eigenvalue weighted by molar-refractivity contribution is 5.83. The Kier molecular flexibility index (Phi) is 6.11.